The molecule has 0 aromatic heterocycles. The number of esters is 2. The van der Waals surface area contributed by atoms with Crippen molar-refractivity contribution in [3.8, 4) is 0 Å². The number of carbonyl (C=O) groups is 2. The number of sulfone groups is 1. The van der Waals surface area contributed by atoms with Crippen LogP contribution in [-0.2, 0) is 33.6 Å². The number of rotatable bonds is 8. The monoisotopic (exact) mass is 320 g/mol. The van der Waals surface area contributed by atoms with E-state index in [2.05, 4.69) is 4.74 Å². The molecule has 0 atom stereocenters. The second kappa shape index (κ2) is 9.17. The fourth-order valence-corrected chi connectivity index (χ4v) is 2.10. The molecule has 21 heavy (non-hydrogen) atoms. The molecular formula is C13H20O7S. The molecule has 0 bridgehead atoms. The van der Waals surface area contributed by atoms with Gasteiger partial charge in [0.05, 0.1) is 31.0 Å². The Morgan fingerprint density at radius 2 is 1.57 bits per heavy atom. The van der Waals surface area contributed by atoms with Crippen LogP contribution in [0.3, 0.4) is 0 Å². The van der Waals surface area contributed by atoms with E-state index >= 15 is 0 Å². The van der Waals surface area contributed by atoms with Crippen LogP contribution in [0.15, 0.2) is 22.8 Å². The highest BCUT2D eigenvalue weighted by Gasteiger charge is 2.26. The lowest BCUT2D eigenvalue weighted by atomic mass is 10.2. The van der Waals surface area contributed by atoms with Crippen LogP contribution in [0, 0.1) is 0 Å². The van der Waals surface area contributed by atoms with Crippen molar-refractivity contribution in [1.29, 1.82) is 0 Å². The summed E-state index contributed by atoms with van der Waals surface area (Å²) in [5, 5.41) is 0. The Hall–Kier alpha value is -1.83. The van der Waals surface area contributed by atoms with Gasteiger partial charge < -0.3 is 14.2 Å². The minimum Gasteiger partial charge on any atom is -0.501 e. The van der Waals surface area contributed by atoms with Crippen LogP contribution in [0.1, 0.15) is 20.8 Å². The average molecular weight is 320 g/mol. The first-order valence-electron chi connectivity index (χ1n) is 6.35. The molecule has 120 valence electrons. The molecule has 8 heteroatoms. The Bertz CT molecular complexity index is 529. The second-order valence-corrected chi connectivity index (χ2v) is 5.72. The molecule has 0 aromatic carbocycles. The van der Waals surface area contributed by atoms with Crippen molar-refractivity contribution in [3.63, 3.8) is 0 Å². The van der Waals surface area contributed by atoms with Gasteiger partial charge in [0, 0.05) is 12.3 Å². The fourth-order valence-electron chi connectivity index (χ4n) is 1.26. The highest BCUT2D eigenvalue weighted by molar-refractivity contribution is 7.94. The van der Waals surface area contributed by atoms with Crippen LogP contribution in [0.5, 0.6) is 0 Å². The molecule has 0 radical (unpaired) electrons. The van der Waals surface area contributed by atoms with Gasteiger partial charge in [-0.3, -0.25) is 0 Å². The van der Waals surface area contributed by atoms with Crippen LogP contribution in [0.2, 0.25) is 0 Å². The van der Waals surface area contributed by atoms with Crippen molar-refractivity contribution >= 4 is 21.8 Å². The molecule has 0 aliphatic heterocycles. The van der Waals surface area contributed by atoms with Crippen molar-refractivity contribution in [2.45, 2.75) is 20.8 Å². The van der Waals surface area contributed by atoms with Gasteiger partial charge in [0.15, 0.2) is 9.84 Å². The Morgan fingerprint density at radius 3 is 2.00 bits per heavy atom. The van der Waals surface area contributed by atoms with Crippen LogP contribution >= 0.6 is 0 Å². The topological polar surface area (TPSA) is 96.0 Å². The number of hydrogen-bond acceptors (Lipinski definition) is 7. The van der Waals surface area contributed by atoms with Gasteiger partial charge in [-0.1, -0.05) is 0 Å². The van der Waals surface area contributed by atoms with E-state index in [-0.39, 0.29) is 25.4 Å². The first kappa shape index (κ1) is 19.2. The summed E-state index contributed by atoms with van der Waals surface area (Å²) in [5.74, 6) is -1.77. The molecule has 0 spiro atoms. The van der Waals surface area contributed by atoms with Crippen molar-refractivity contribution in [1.82, 2.24) is 0 Å². The normalized spacial score (nSPS) is 12.8. The van der Waals surface area contributed by atoms with E-state index in [9.17, 15) is 18.0 Å². The van der Waals surface area contributed by atoms with Crippen LogP contribution in [0.4, 0.5) is 0 Å². The molecule has 0 aliphatic rings. The SMILES string of the molecule is CCOC=C(C(=O)OCC)C(=CC(=O)OCC)S(C)(=O)=O. The van der Waals surface area contributed by atoms with Gasteiger partial charge in [0.25, 0.3) is 0 Å². The summed E-state index contributed by atoms with van der Waals surface area (Å²) in [6, 6.07) is 0. The van der Waals surface area contributed by atoms with Gasteiger partial charge in [-0.25, -0.2) is 18.0 Å². The Morgan fingerprint density at radius 1 is 1.00 bits per heavy atom. The van der Waals surface area contributed by atoms with Crippen molar-refractivity contribution in [3.05, 3.63) is 22.8 Å². The lowest BCUT2D eigenvalue weighted by Crippen LogP contribution is -2.17. The molecule has 0 saturated carbocycles. The minimum absolute atomic E-state index is 0.0543. The Kier molecular flexibility index (Phi) is 8.37. The molecular weight excluding hydrogens is 300 g/mol. The summed E-state index contributed by atoms with van der Waals surface area (Å²) in [4.78, 5) is 22.8. The summed E-state index contributed by atoms with van der Waals surface area (Å²) >= 11 is 0. The largest absolute Gasteiger partial charge is 0.501 e. The Balaban J connectivity index is 5.82. The predicted octanol–water partition coefficient (Wildman–Crippen LogP) is 0.962. The van der Waals surface area contributed by atoms with E-state index in [1.165, 1.54) is 0 Å². The number of hydrogen-bond donors (Lipinski definition) is 0. The van der Waals surface area contributed by atoms with Crippen LogP contribution < -0.4 is 0 Å². The highest BCUT2D eigenvalue weighted by atomic mass is 32.2. The second-order valence-electron chi connectivity index (χ2n) is 3.74. The maximum atomic E-state index is 11.8. The van der Waals surface area contributed by atoms with Gasteiger partial charge in [-0.15, -0.1) is 0 Å². The molecule has 0 saturated heterocycles. The third-order valence-corrected chi connectivity index (χ3v) is 3.20. The quantitative estimate of drug-likeness (QED) is 0.284. The molecule has 0 unspecified atom stereocenters. The van der Waals surface area contributed by atoms with Gasteiger partial charge in [-0.05, 0) is 20.8 Å². The summed E-state index contributed by atoms with van der Waals surface area (Å²) in [5.41, 5.74) is -0.353. The molecule has 0 aliphatic carbocycles. The minimum atomic E-state index is -3.86. The molecule has 0 aromatic rings. The number of carbonyl (C=O) groups excluding carboxylic acids is 2. The van der Waals surface area contributed by atoms with E-state index in [0.717, 1.165) is 18.6 Å². The van der Waals surface area contributed by atoms with Crippen molar-refractivity contribution in [2.24, 2.45) is 0 Å². The zero-order chi connectivity index (χ0) is 16.5. The summed E-state index contributed by atoms with van der Waals surface area (Å²) < 4.78 is 38.0. The first-order valence-corrected chi connectivity index (χ1v) is 8.24. The maximum absolute atomic E-state index is 11.8. The van der Waals surface area contributed by atoms with Crippen LogP contribution in [0.25, 0.3) is 0 Å². The van der Waals surface area contributed by atoms with E-state index < -0.39 is 26.7 Å². The maximum Gasteiger partial charge on any atom is 0.342 e. The smallest absolute Gasteiger partial charge is 0.342 e. The van der Waals surface area contributed by atoms with Gasteiger partial charge in [-0.2, -0.15) is 0 Å². The summed E-state index contributed by atoms with van der Waals surface area (Å²) in [7, 11) is -3.86. The Labute approximate surface area is 124 Å². The highest BCUT2D eigenvalue weighted by Crippen LogP contribution is 2.19. The van der Waals surface area contributed by atoms with Crippen molar-refractivity contribution < 1.29 is 32.2 Å². The summed E-state index contributed by atoms with van der Waals surface area (Å²) in [6.45, 7) is 5.17. The third-order valence-electron chi connectivity index (χ3n) is 2.06. The lowest BCUT2D eigenvalue weighted by molar-refractivity contribution is -0.138. The molecule has 0 rings (SSSR count). The molecule has 0 N–H and O–H groups in total. The van der Waals surface area contributed by atoms with Crippen LogP contribution in [-0.4, -0.2) is 46.4 Å². The van der Waals surface area contributed by atoms with Gasteiger partial charge >= 0.3 is 11.9 Å². The predicted molar refractivity (Wildman–Crippen MR) is 75.9 cm³/mol. The molecule has 0 amide bonds. The van der Waals surface area contributed by atoms with E-state index in [1.54, 1.807) is 20.8 Å². The standard InChI is InChI=1S/C13H20O7S/c1-5-18-9-10(13(15)20-7-3)11(21(4,16)17)8-12(14)19-6-2/h8-9H,5-7H2,1-4H3. The van der Waals surface area contributed by atoms with Crippen molar-refractivity contribution in [2.75, 3.05) is 26.1 Å². The van der Waals surface area contributed by atoms with Gasteiger partial charge in [0.1, 0.15) is 5.57 Å². The molecule has 0 heterocycles. The zero-order valence-corrected chi connectivity index (χ0v) is 13.4. The fraction of sp³-hybridized carbons (Fsp3) is 0.538. The first-order chi connectivity index (χ1) is 9.77. The third kappa shape index (κ3) is 6.94. The molecule has 0 fully saturated rings. The van der Waals surface area contributed by atoms with E-state index in [4.69, 9.17) is 9.47 Å². The summed E-state index contributed by atoms with van der Waals surface area (Å²) in [6.07, 6.45) is 2.57. The van der Waals surface area contributed by atoms with E-state index in [0.29, 0.717) is 0 Å². The zero-order valence-electron chi connectivity index (χ0n) is 12.5. The average Bonchev–Trinajstić information content (AvgIpc) is 2.37. The lowest BCUT2D eigenvalue weighted by Gasteiger charge is -2.10. The number of ether oxygens (including phenoxy) is 3. The van der Waals surface area contributed by atoms with E-state index in [1.807, 2.05) is 0 Å². The molecule has 7 nitrogen and oxygen atoms in total. The van der Waals surface area contributed by atoms with Gasteiger partial charge in [0.2, 0.25) is 0 Å².